The molecule has 0 fully saturated rings. The van der Waals surface area contributed by atoms with Gasteiger partial charge in [0.25, 0.3) is 16.0 Å². The zero-order chi connectivity index (χ0) is 21.1. The molecule has 0 aliphatic rings. The molecular weight excluding hydrogens is 434 g/mol. The molecule has 0 aliphatic carbocycles. The smallest absolute Gasteiger partial charge is 0.296 e. The molecule has 28 heavy (non-hydrogen) atoms. The van der Waals surface area contributed by atoms with E-state index in [2.05, 4.69) is 15.5 Å². The molecule has 1 unspecified atom stereocenters. The van der Waals surface area contributed by atoms with E-state index in [-0.39, 0.29) is 21.7 Å². The summed E-state index contributed by atoms with van der Waals surface area (Å²) in [6.07, 6.45) is 0. The first kappa shape index (κ1) is 22.2. The quantitative estimate of drug-likeness (QED) is 0.333. The summed E-state index contributed by atoms with van der Waals surface area (Å²) in [4.78, 5) is 11.4. The van der Waals surface area contributed by atoms with Crippen LogP contribution >= 0.6 is 11.6 Å². The van der Waals surface area contributed by atoms with E-state index in [1.807, 2.05) is 0 Å². The number of aromatic hydroxyl groups is 1. The normalized spacial score (nSPS) is 13.1. The summed E-state index contributed by atoms with van der Waals surface area (Å²) >= 11 is 3.51. The van der Waals surface area contributed by atoms with Crippen LogP contribution in [0.1, 0.15) is 5.56 Å². The number of carbonyl (C=O) groups excluding carboxylic acids is 1. The van der Waals surface area contributed by atoms with Crippen molar-refractivity contribution >= 4 is 60.9 Å². The van der Waals surface area contributed by atoms with Gasteiger partial charge in [-0.2, -0.15) is 18.6 Å². The van der Waals surface area contributed by atoms with E-state index in [4.69, 9.17) is 15.8 Å². The second-order valence-corrected chi connectivity index (χ2v) is 8.59. The van der Waals surface area contributed by atoms with Crippen molar-refractivity contribution in [1.82, 2.24) is 0 Å². The average Bonchev–Trinajstić information content (AvgIpc) is 2.60. The topological polar surface area (TPSA) is 155 Å². The number of aryl methyl sites for hydroxylation is 1. The Kier molecular flexibility index (Phi) is 7.06. The van der Waals surface area contributed by atoms with Crippen LogP contribution in [0.3, 0.4) is 0 Å². The number of benzene rings is 2. The fraction of sp³-hybridized carbons (Fsp3) is 0.267. The molecule has 1 atom stereocenters. The summed E-state index contributed by atoms with van der Waals surface area (Å²) in [6.45, 7) is 1.12. The van der Waals surface area contributed by atoms with E-state index in [9.17, 15) is 27.1 Å². The highest BCUT2D eigenvalue weighted by Crippen LogP contribution is 2.44. The molecule has 2 rings (SSSR count). The molecule has 1 amide bonds. The fourth-order valence-corrected chi connectivity index (χ4v) is 3.61. The summed E-state index contributed by atoms with van der Waals surface area (Å²) in [5.74, 6) is -1.28. The minimum Gasteiger partial charge on any atom is -0.505 e. The SMILES string of the molecule is CN=Nc1c(S(=O)(=O)O)cc2cc(C)cc(NC(=O)COS(=O)CCl)c2c1O. The number of fused-ring (bicyclic) bond motifs is 1. The van der Waals surface area contributed by atoms with Crippen molar-refractivity contribution in [3.63, 3.8) is 0 Å². The van der Waals surface area contributed by atoms with Gasteiger partial charge in [-0.25, -0.2) is 4.21 Å². The maximum absolute atomic E-state index is 12.1. The Morgan fingerprint density at radius 3 is 2.61 bits per heavy atom. The lowest BCUT2D eigenvalue weighted by Crippen LogP contribution is -2.19. The van der Waals surface area contributed by atoms with Gasteiger partial charge in [-0.1, -0.05) is 6.07 Å². The fourth-order valence-electron chi connectivity index (χ4n) is 2.47. The highest BCUT2D eigenvalue weighted by Gasteiger charge is 2.24. The van der Waals surface area contributed by atoms with Crippen molar-refractivity contribution in [3.8, 4) is 5.75 Å². The molecule has 3 N–H and O–H groups in total. The summed E-state index contributed by atoms with van der Waals surface area (Å²) < 4.78 is 48.7. The Hall–Kier alpha value is -2.12. The lowest BCUT2D eigenvalue weighted by Gasteiger charge is -2.14. The van der Waals surface area contributed by atoms with Crippen LogP contribution in [0.15, 0.2) is 33.3 Å². The number of halogens is 1. The van der Waals surface area contributed by atoms with Crippen LogP contribution < -0.4 is 5.32 Å². The Bertz CT molecular complexity index is 1090. The van der Waals surface area contributed by atoms with Gasteiger partial charge in [0, 0.05) is 12.4 Å². The number of anilines is 1. The second kappa shape index (κ2) is 8.92. The molecule has 0 aromatic heterocycles. The van der Waals surface area contributed by atoms with E-state index in [1.54, 1.807) is 13.0 Å². The maximum Gasteiger partial charge on any atom is 0.296 e. The predicted octanol–water partition coefficient (Wildman–Crippen LogP) is 2.63. The molecule has 0 aliphatic heterocycles. The molecule has 13 heteroatoms. The number of hydrogen-bond donors (Lipinski definition) is 3. The minimum absolute atomic E-state index is 0.0761. The van der Waals surface area contributed by atoms with Crippen LogP contribution in [0.2, 0.25) is 0 Å². The Morgan fingerprint density at radius 1 is 1.36 bits per heavy atom. The number of nitrogens with zero attached hydrogens (tertiary/aromatic N) is 2. The molecule has 0 saturated carbocycles. The molecule has 0 spiro atoms. The number of rotatable bonds is 7. The van der Waals surface area contributed by atoms with Gasteiger partial charge in [0.05, 0.1) is 5.69 Å². The van der Waals surface area contributed by atoms with Crippen LogP contribution in [-0.4, -0.2) is 47.1 Å². The lowest BCUT2D eigenvalue weighted by atomic mass is 10.0. The highest BCUT2D eigenvalue weighted by molar-refractivity contribution is 7.86. The number of phenolic OH excluding ortho intramolecular Hbond substituents is 1. The van der Waals surface area contributed by atoms with E-state index >= 15 is 0 Å². The van der Waals surface area contributed by atoms with Crippen molar-refractivity contribution in [2.24, 2.45) is 10.2 Å². The van der Waals surface area contributed by atoms with E-state index in [0.717, 1.165) is 6.07 Å². The third-order valence-corrected chi connectivity index (χ3v) is 5.42. The average molecular weight is 450 g/mol. The summed E-state index contributed by atoms with van der Waals surface area (Å²) in [5, 5.41) is 20.1. The van der Waals surface area contributed by atoms with E-state index in [0.29, 0.717) is 5.56 Å². The first-order chi connectivity index (χ1) is 13.1. The lowest BCUT2D eigenvalue weighted by molar-refractivity contribution is -0.117. The van der Waals surface area contributed by atoms with Crippen LogP contribution in [0.25, 0.3) is 10.8 Å². The number of azo groups is 1. The number of amides is 1. The molecule has 0 heterocycles. The van der Waals surface area contributed by atoms with Crippen molar-refractivity contribution < 1.29 is 31.3 Å². The molecule has 152 valence electrons. The van der Waals surface area contributed by atoms with Gasteiger partial charge in [-0.3, -0.25) is 13.5 Å². The number of alkyl halides is 1. The zero-order valence-corrected chi connectivity index (χ0v) is 17.1. The van der Waals surface area contributed by atoms with Gasteiger partial charge in [0.15, 0.2) is 16.8 Å². The van der Waals surface area contributed by atoms with Crippen molar-refractivity contribution in [3.05, 3.63) is 23.8 Å². The highest BCUT2D eigenvalue weighted by atomic mass is 35.5. The first-order valence-corrected chi connectivity index (χ1v) is 10.8. The predicted molar refractivity (Wildman–Crippen MR) is 104 cm³/mol. The van der Waals surface area contributed by atoms with Gasteiger partial charge in [-0.15, -0.1) is 11.6 Å². The molecule has 2 aromatic rings. The minimum atomic E-state index is -4.71. The van der Waals surface area contributed by atoms with Crippen LogP contribution in [-0.2, 0) is 30.2 Å². The largest absolute Gasteiger partial charge is 0.505 e. The Morgan fingerprint density at radius 2 is 2.04 bits per heavy atom. The number of phenols is 1. The van der Waals surface area contributed by atoms with Crippen molar-refractivity contribution in [2.75, 3.05) is 24.2 Å². The first-order valence-electron chi connectivity index (χ1n) is 7.53. The standard InChI is InChI=1S/C15H16ClN3O7S2/c1-8-3-9-5-11(28(23,24)25)14(19-17-2)15(21)13(9)10(4-8)18-12(20)6-26-27(22)7-16/h3-5,21H,6-7H2,1-2H3,(H,18,20)(H,23,24,25). The van der Waals surface area contributed by atoms with Crippen LogP contribution in [0.4, 0.5) is 11.4 Å². The Balaban J connectivity index is 2.63. The summed E-state index contributed by atoms with van der Waals surface area (Å²) in [6, 6.07) is 4.18. The van der Waals surface area contributed by atoms with Crippen LogP contribution in [0.5, 0.6) is 5.75 Å². The third kappa shape index (κ3) is 5.02. The molecular formula is C15H16ClN3O7S2. The zero-order valence-electron chi connectivity index (χ0n) is 14.7. The van der Waals surface area contributed by atoms with Crippen molar-refractivity contribution in [1.29, 1.82) is 0 Å². The van der Waals surface area contributed by atoms with Crippen LogP contribution in [0, 0.1) is 6.92 Å². The maximum atomic E-state index is 12.1. The third-order valence-electron chi connectivity index (χ3n) is 3.46. The van der Waals surface area contributed by atoms with Gasteiger partial charge in [-0.05, 0) is 30.0 Å². The number of hydrogen-bond acceptors (Lipinski definition) is 8. The van der Waals surface area contributed by atoms with E-state index < -0.39 is 50.0 Å². The second-order valence-electron chi connectivity index (χ2n) is 5.48. The van der Waals surface area contributed by atoms with Gasteiger partial charge in [0.2, 0.25) is 0 Å². The molecule has 2 aromatic carbocycles. The number of carbonyl (C=O) groups is 1. The molecule has 10 nitrogen and oxygen atoms in total. The molecule has 0 radical (unpaired) electrons. The van der Waals surface area contributed by atoms with Gasteiger partial charge >= 0.3 is 0 Å². The Labute approximate surface area is 168 Å². The number of nitrogens with one attached hydrogen (secondary N) is 1. The molecule has 0 saturated heterocycles. The summed E-state index contributed by atoms with van der Waals surface area (Å²) in [7, 11) is -3.45. The van der Waals surface area contributed by atoms with Crippen molar-refractivity contribution in [2.45, 2.75) is 11.8 Å². The monoisotopic (exact) mass is 449 g/mol. The summed E-state index contributed by atoms with van der Waals surface area (Å²) in [5.41, 5.74) is 0.280. The molecule has 0 bridgehead atoms. The van der Waals surface area contributed by atoms with Gasteiger partial charge < -0.3 is 10.4 Å². The van der Waals surface area contributed by atoms with E-state index in [1.165, 1.54) is 13.1 Å². The van der Waals surface area contributed by atoms with Gasteiger partial charge in [0.1, 0.15) is 22.4 Å².